The molecule has 3 N–H and O–H groups in total. The number of nitrogens with two attached hydrogens (primary N) is 1. The van der Waals surface area contributed by atoms with Crippen molar-refractivity contribution >= 4 is 25.2 Å². The van der Waals surface area contributed by atoms with Crippen LogP contribution >= 0.6 is 8.58 Å². The Kier molecular flexibility index (Phi) is 6.37. The van der Waals surface area contributed by atoms with Gasteiger partial charge in [0.25, 0.3) is 0 Å². The molecule has 0 bridgehead atoms. The molecule has 0 fully saturated rings. The summed E-state index contributed by atoms with van der Waals surface area (Å²) in [5.41, 5.74) is 4.00. The van der Waals surface area contributed by atoms with Crippen LogP contribution in [-0.2, 0) is 4.79 Å². The first-order valence-electron chi connectivity index (χ1n) is 6.29. The topological polar surface area (TPSA) is 63.3 Å². The van der Waals surface area contributed by atoms with Crippen molar-refractivity contribution in [3.05, 3.63) is 60.7 Å². The third kappa shape index (κ3) is 6.46. The van der Waals surface area contributed by atoms with E-state index >= 15 is 0 Å². The number of hydrogen-bond acceptors (Lipinski definition) is 2. The third-order valence-corrected chi connectivity index (χ3v) is 3.63. The van der Waals surface area contributed by atoms with Crippen LogP contribution in [0.5, 0.6) is 0 Å². The normalized spacial score (nSPS) is 10.3. The van der Waals surface area contributed by atoms with Crippen LogP contribution in [0, 0.1) is 0 Å². The average molecular weight is 289 g/mol. The molecule has 106 valence electrons. The molecule has 0 radical (unpaired) electrons. The smallest absolute Gasteiger partial charge is 0.323 e. The number of rotatable bonds is 3. The van der Waals surface area contributed by atoms with Crippen molar-refractivity contribution in [1.29, 1.82) is 0 Å². The summed E-state index contributed by atoms with van der Waals surface area (Å²) in [4.78, 5) is 9.90. The SMILES string of the molecule is CC(C)(N)C(=O)O.c1ccc(Pc2ccccc2)cc1. The van der Waals surface area contributed by atoms with Gasteiger partial charge in [0.05, 0.1) is 0 Å². The van der Waals surface area contributed by atoms with E-state index in [9.17, 15) is 4.79 Å². The Labute approximate surface area is 121 Å². The summed E-state index contributed by atoms with van der Waals surface area (Å²) in [5, 5.41) is 10.9. The summed E-state index contributed by atoms with van der Waals surface area (Å²) in [5.74, 6) is -0.979. The summed E-state index contributed by atoms with van der Waals surface area (Å²) < 4.78 is 0. The second-order valence-corrected chi connectivity index (χ2v) is 6.29. The largest absolute Gasteiger partial charge is 0.480 e. The van der Waals surface area contributed by atoms with Gasteiger partial charge in [0.1, 0.15) is 5.54 Å². The van der Waals surface area contributed by atoms with Gasteiger partial charge in [-0.15, -0.1) is 0 Å². The predicted molar refractivity (Wildman–Crippen MR) is 86.4 cm³/mol. The molecule has 0 atom stereocenters. The molecule has 0 spiro atoms. The van der Waals surface area contributed by atoms with Crippen LogP contribution in [0.2, 0.25) is 0 Å². The van der Waals surface area contributed by atoms with Crippen LogP contribution in [0.15, 0.2) is 60.7 Å². The maximum atomic E-state index is 9.90. The fourth-order valence-electron chi connectivity index (χ4n) is 1.21. The number of benzene rings is 2. The van der Waals surface area contributed by atoms with Gasteiger partial charge < -0.3 is 10.8 Å². The molecule has 0 saturated carbocycles. The molecule has 0 aliphatic heterocycles. The van der Waals surface area contributed by atoms with Crippen LogP contribution in [0.1, 0.15) is 13.8 Å². The van der Waals surface area contributed by atoms with E-state index in [1.807, 2.05) is 0 Å². The summed E-state index contributed by atoms with van der Waals surface area (Å²) in [6.07, 6.45) is 0. The fourth-order valence-corrected chi connectivity index (χ4v) is 2.26. The maximum absolute atomic E-state index is 9.90. The zero-order valence-electron chi connectivity index (χ0n) is 11.7. The maximum Gasteiger partial charge on any atom is 0.323 e. The first-order valence-corrected chi connectivity index (χ1v) is 7.29. The lowest BCUT2D eigenvalue weighted by Crippen LogP contribution is -2.41. The third-order valence-electron chi connectivity index (χ3n) is 2.39. The van der Waals surface area contributed by atoms with Gasteiger partial charge in [0, 0.05) is 0 Å². The first-order chi connectivity index (χ1) is 9.39. The van der Waals surface area contributed by atoms with E-state index in [2.05, 4.69) is 60.7 Å². The Balaban J connectivity index is 0.000000246. The van der Waals surface area contributed by atoms with Crippen molar-refractivity contribution in [2.75, 3.05) is 0 Å². The van der Waals surface area contributed by atoms with Gasteiger partial charge >= 0.3 is 5.97 Å². The molecular weight excluding hydrogens is 269 g/mol. The molecule has 2 aromatic rings. The molecular formula is C16H20NO2P. The molecule has 0 aliphatic carbocycles. The van der Waals surface area contributed by atoms with Crippen molar-refractivity contribution in [1.82, 2.24) is 0 Å². The molecule has 3 nitrogen and oxygen atoms in total. The number of hydrogen-bond donors (Lipinski definition) is 2. The van der Waals surface area contributed by atoms with Crippen molar-refractivity contribution in [2.24, 2.45) is 5.73 Å². The van der Waals surface area contributed by atoms with E-state index in [0.717, 1.165) is 8.58 Å². The van der Waals surface area contributed by atoms with Gasteiger partial charge in [0.15, 0.2) is 0 Å². The summed E-state index contributed by atoms with van der Waals surface area (Å²) in [6, 6.07) is 21.2. The van der Waals surface area contributed by atoms with Crippen LogP contribution < -0.4 is 16.3 Å². The Morgan fingerprint density at radius 2 is 1.25 bits per heavy atom. The highest BCUT2D eigenvalue weighted by Crippen LogP contribution is 2.08. The first kappa shape index (κ1) is 16.4. The molecule has 4 heteroatoms. The van der Waals surface area contributed by atoms with Gasteiger partial charge in [-0.05, 0) is 24.5 Å². The molecule has 0 aliphatic rings. The molecule has 0 unspecified atom stereocenters. The average Bonchev–Trinajstić information content (AvgIpc) is 2.40. The number of carboxylic acids is 1. The quantitative estimate of drug-likeness (QED) is 0.851. The highest BCUT2D eigenvalue weighted by molar-refractivity contribution is 7.55. The molecule has 0 amide bonds. The van der Waals surface area contributed by atoms with E-state index in [1.54, 1.807) is 0 Å². The molecule has 0 heterocycles. The van der Waals surface area contributed by atoms with Gasteiger partial charge in [-0.1, -0.05) is 69.2 Å². The van der Waals surface area contributed by atoms with Crippen LogP contribution in [0.4, 0.5) is 0 Å². The van der Waals surface area contributed by atoms with Crippen molar-refractivity contribution < 1.29 is 9.90 Å². The lowest BCUT2D eigenvalue weighted by molar-refractivity contribution is -0.141. The van der Waals surface area contributed by atoms with Gasteiger partial charge in [-0.3, -0.25) is 4.79 Å². The summed E-state index contributed by atoms with van der Waals surface area (Å²) >= 11 is 0. The minimum Gasteiger partial charge on any atom is -0.480 e. The lowest BCUT2D eigenvalue weighted by atomic mass is 10.1. The Morgan fingerprint density at radius 3 is 1.50 bits per heavy atom. The zero-order valence-corrected chi connectivity index (χ0v) is 12.7. The monoisotopic (exact) mass is 289 g/mol. The van der Waals surface area contributed by atoms with E-state index in [0.29, 0.717) is 0 Å². The van der Waals surface area contributed by atoms with Crippen LogP contribution in [-0.4, -0.2) is 16.6 Å². The summed E-state index contributed by atoms with van der Waals surface area (Å²) in [7, 11) is 0.777. The van der Waals surface area contributed by atoms with Gasteiger partial charge in [-0.2, -0.15) is 0 Å². The number of aliphatic carboxylic acids is 1. The number of carbonyl (C=O) groups is 1. The zero-order chi connectivity index (χ0) is 15.0. The van der Waals surface area contributed by atoms with Gasteiger partial charge in [-0.25, -0.2) is 0 Å². The molecule has 0 aromatic heterocycles. The highest BCUT2D eigenvalue weighted by atomic mass is 31.1. The van der Waals surface area contributed by atoms with E-state index in [4.69, 9.17) is 10.8 Å². The second kappa shape index (κ2) is 7.78. The Morgan fingerprint density at radius 1 is 0.950 bits per heavy atom. The van der Waals surface area contributed by atoms with Gasteiger partial charge in [0.2, 0.25) is 0 Å². The van der Waals surface area contributed by atoms with E-state index in [1.165, 1.54) is 24.5 Å². The van der Waals surface area contributed by atoms with Crippen molar-refractivity contribution in [3.63, 3.8) is 0 Å². The molecule has 2 rings (SSSR count). The van der Waals surface area contributed by atoms with Crippen molar-refractivity contribution in [2.45, 2.75) is 19.4 Å². The molecule has 20 heavy (non-hydrogen) atoms. The van der Waals surface area contributed by atoms with Crippen molar-refractivity contribution in [3.8, 4) is 0 Å². The highest BCUT2D eigenvalue weighted by Gasteiger charge is 2.19. The Hall–Kier alpha value is -1.70. The standard InChI is InChI=1S/C12H11P.C4H9NO2/c1-3-7-11(8-4-1)13-12-9-5-2-6-10-12;1-4(2,5)3(6)7/h1-10,13H;5H2,1-2H3,(H,6,7). The van der Waals surface area contributed by atoms with Crippen LogP contribution in [0.3, 0.4) is 0 Å². The van der Waals surface area contributed by atoms with Crippen LogP contribution in [0.25, 0.3) is 0 Å². The summed E-state index contributed by atoms with van der Waals surface area (Å²) in [6.45, 7) is 2.88. The van der Waals surface area contributed by atoms with E-state index in [-0.39, 0.29) is 0 Å². The number of carboxylic acid groups (broad SMARTS) is 1. The molecule has 0 saturated heterocycles. The second-order valence-electron chi connectivity index (χ2n) is 4.88. The minimum atomic E-state index is -1.08. The fraction of sp³-hybridized carbons (Fsp3) is 0.188. The molecule has 2 aromatic carbocycles. The van der Waals surface area contributed by atoms with E-state index < -0.39 is 11.5 Å². The predicted octanol–water partition coefficient (Wildman–Crippen LogP) is 2.12. The Bertz CT molecular complexity index is 484. The minimum absolute atomic E-state index is 0.777. The lowest BCUT2D eigenvalue weighted by Gasteiger charge is -2.09.